The van der Waals surface area contributed by atoms with Gasteiger partial charge in [-0.15, -0.1) is 12.3 Å². The van der Waals surface area contributed by atoms with Crippen molar-refractivity contribution >= 4 is 5.78 Å². The summed E-state index contributed by atoms with van der Waals surface area (Å²) in [4.78, 5) is 11.9. The van der Waals surface area contributed by atoms with E-state index in [2.05, 4.69) is 11.2 Å². The maximum atomic E-state index is 11.9. The van der Waals surface area contributed by atoms with Gasteiger partial charge in [0, 0.05) is 18.8 Å². The molecule has 0 bridgehead atoms. The highest BCUT2D eigenvalue weighted by Gasteiger charge is 2.56. The van der Waals surface area contributed by atoms with E-state index in [0.717, 1.165) is 32.4 Å². The molecule has 2 fully saturated rings. The van der Waals surface area contributed by atoms with Crippen LogP contribution in [0, 0.1) is 23.7 Å². The van der Waals surface area contributed by atoms with Crippen LogP contribution in [-0.2, 0) is 4.79 Å². The summed E-state index contributed by atoms with van der Waals surface area (Å²) in [5.41, 5.74) is 0.401. The average Bonchev–Trinajstić information content (AvgIpc) is 2.94. The second-order valence-corrected chi connectivity index (χ2v) is 4.89. The van der Waals surface area contributed by atoms with E-state index in [-0.39, 0.29) is 0 Å². The number of carbonyl (C=O) groups excluding carboxylic acids is 1. The van der Waals surface area contributed by atoms with Crippen LogP contribution in [0.1, 0.15) is 38.5 Å². The third-order valence-corrected chi connectivity index (χ3v) is 3.92. The summed E-state index contributed by atoms with van der Waals surface area (Å²) in [5.74, 6) is 3.43. The normalized spacial score (nSPS) is 27.3. The molecule has 1 atom stereocenters. The van der Waals surface area contributed by atoms with Gasteiger partial charge in [0.05, 0.1) is 0 Å². The summed E-state index contributed by atoms with van der Waals surface area (Å²) in [6.07, 6.45) is 11.0. The molecule has 2 aliphatic rings. The van der Waals surface area contributed by atoms with Crippen LogP contribution < -0.4 is 5.32 Å². The minimum atomic E-state index is 0.373. The Morgan fingerprint density at radius 2 is 2.20 bits per heavy atom. The minimum absolute atomic E-state index is 0.373. The molecular weight excluding hydrogens is 186 g/mol. The van der Waals surface area contributed by atoms with Crippen LogP contribution in [0.15, 0.2) is 0 Å². The van der Waals surface area contributed by atoms with Gasteiger partial charge in [-0.3, -0.25) is 4.79 Å². The Bertz CT molecular complexity index is 283. The Morgan fingerprint density at radius 3 is 2.87 bits per heavy atom. The van der Waals surface area contributed by atoms with Gasteiger partial charge < -0.3 is 5.32 Å². The predicted molar refractivity (Wildman–Crippen MR) is 60.3 cm³/mol. The molecule has 1 heterocycles. The molecule has 2 nitrogen and oxygen atoms in total. The number of terminal acetylenes is 1. The second-order valence-electron chi connectivity index (χ2n) is 4.89. The number of hydrogen-bond donors (Lipinski definition) is 1. The standard InChI is InChI=1S/C13H19NO/c1-2-3-4-5-12(15)11-10-13(11)6-8-14-9-7-13/h1,11,14H,3-10H2. The molecule has 1 spiro atoms. The molecule has 15 heavy (non-hydrogen) atoms. The Labute approximate surface area is 91.8 Å². The molecule has 1 aliphatic carbocycles. The topological polar surface area (TPSA) is 29.1 Å². The maximum Gasteiger partial charge on any atom is 0.136 e. The fourth-order valence-corrected chi connectivity index (χ4v) is 2.82. The molecule has 82 valence electrons. The fraction of sp³-hybridized carbons (Fsp3) is 0.769. The zero-order valence-electron chi connectivity index (χ0n) is 9.22. The predicted octanol–water partition coefficient (Wildman–Crippen LogP) is 1.75. The van der Waals surface area contributed by atoms with Crippen LogP contribution in [0.4, 0.5) is 0 Å². The van der Waals surface area contributed by atoms with Crippen molar-refractivity contribution in [2.75, 3.05) is 13.1 Å². The number of carbonyl (C=O) groups is 1. The Morgan fingerprint density at radius 1 is 1.47 bits per heavy atom. The van der Waals surface area contributed by atoms with E-state index in [4.69, 9.17) is 6.42 Å². The average molecular weight is 205 g/mol. The molecule has 1 saturated carbocycles. The number of hydrogen-bond acceptors (Lipinski definition) is 2. The Balaban J connectivity index is 1.77. The maximum absolute atomic E-state index is 11.9. The molecule has 2 rings (SSSR count). The Kier molecular flexibility index (Phi) is 3.11. The van der Waals surface area contributed by atoms with E-state index in [9.17, 15) is 4.79 Å². The Hall–Kier alpha value is -0.810. The van der Waals surface area contributed by atoms with Gasteiger partial charge in [-0.2, -0.15) is 0 Å². The number of nitrogens with one attached hydrogen (secondary N) is 1. The van der Waals surface area contributed by atoms with E-state index in [1.807, 2.05) is 0 Å². The molecule has 1 N–H and O–H groups in total. The summed E-state index contributed by atoms with van der Waals surface area (Å²) < 4.78 is 0. The molecular formula is C13H19NO. The highest BCUT2D eigenvalue weighted by molar-refractivity contribution is 5.84. The molecule has 1 aliphatic heterocycles. The summed E-state index contributed by atoms with van der Waals surface area (Å²) in [6, 6.07) is 0. The van der Waals surface area contributed by atoms with Crippen molar-refractivity contribution in [2.45, 2.75) is 38.5 Å². The lowest BCUT2D eigenvalue weighted by atomic mass is 9.90. The molecule has 0 radical (unpaired) electrons. The van der Waals surface area contributed by atoms with Gasteiger partial charge in [0.2, 0.25) is 0 Å². The minimum Gasteiger partial charge on any atom is -0.317 e. The van der Waals surface area contributed by atoms with E-state index in [1.54, 1.807) is 0 Å². The van der Waals surface area contributed by atoms with Crippen molar-refractivity contribution in [2.24, 2.45) is 11.3 Å². The largest absolute Gasteiger partial charge is 0.317 e. The van der Waals surface area contributed by atoms with Gasteiger partial charge in [0.15, 0.2) is 0 Å². The number of piperidine rings is 1. The number of rotatable bonds is 4. The number of ketones is 1. The first kappa shape index (κ1) is 10.7. The molecule has 2 heteroatoms. The van der Waals surface area contributed by atoms with E-state index in [0.29, 0.717) is 23.5 Å². The molecule has 1 saturated heterocycles. The number of Topliss-reactive ketones (excluding diaryl/α,β-unsaturated/α-hetero) is 1. The zero-order chi connectivity index (χ0) is 10.7. The van der Waals surface area contributed by atoms with Crippen molar-refractivity contribution in [1.29, 1.82) is 0 Å². The van der Waals surface area contributed by atoms with Crippen molar-refractivity contribution < 1.29 is 4.79 Å². The van der Waals surface area contributed by atoms with Gasteiger partial charge >= 0.3 is 0 Å². The molecule has 0 aromatic rings. The molecule has 0 amide bonds. The highest BCUT2D eigenvalue weighted by atomic mass is 16.1. The lowest BCUT2D eigenvalue weighted by molar-refractivity contribution is -0.121. The third-order valence-electron chi connectivity index (χ3n) is 3.92. The van der Waals surface area contributed by atoms with Crippen LogP contribution in [0.5, 0.6) is 0 Å². The van der Waals surface area contributed by atoms with Crippen LogP contribution in [0.25, 0.3) is 0 Å². The van der Waals surface area contributed by atoms with Gasteiger partial charge in [-0.25, -0.2) is 0 Å². The first-order valence-electron chi connectivity index (χ1n) is 5.95. The van der Waals surface area contributed by atoms with Crippen LogP contribution in [0.3, 0.4) is 0 Å². The van der Waals surface area contributed by atoms with Crippen LogP contribution in [-0.4, -0.2) is 18.9 Å². The lowest BCUT2D eigenvalue weighted by Gasteiger charge is -2.23. The first-order chi connectivity index (χ1) is 7.28. The van der Waals surface area contributed by atoms with Crippen molar-refractivity contribution in [1.82, 2.24) is 5.32 Å². The van der Waals surface area contributed by atoms with Crippen LogP contribution >= 0.6 is 0 Å². The van der Waals surface area contributed by atoms with Gasteiger partial charge in [0.25, 0.3) is 0 Å². The van der Waals surface area contributed by atoms with E-state index in [1.165, 1.54) is 12.8 Å². The van der Waals surface area contributed by atoms with Crippen molar-refractivity contribution in [3.63, 3.8) is 0 Å². The molecule has 0 aromatic carbocycles. The van der Waals surface area contributed by atoms with Crippen LogP contribution in [0.2, 0.25) is 0 Å². The molecule has 1 unspecified atom stereocenters. The van der Waals surface area contributed by atoms with E-state index >= 15 is 0 Å². The zero-order valence-corrected chi connectivity index (χ0v) is 9.22. The third kappa shape index (κ3) is 2.23. The molecule has 0 aromatic heterocycles. The van der Waals surface area contributed by atoms with Crippen molar-refractivity contribution in [3.05, 3.63) is 0 Å². The quantitative estimate of drug-likeness (QED) is 0.559. The lowest BCUT2D eigenvalue weighted by Crippen LogP contribution is -2.30. The highest BCUT2D eigenvalue weighted by Crippen LogP contribution is 2.59. The summed E-state index contributed by atoms with van der Waals surface area (Å²) in [5, 5.41) is 3.35. The van der Waals surface area contributed by atoms with E-state index < -0.39 is 0 Å². The fourth-order valence-electron chi connectivity index (χ4n) is 2.82. The SMILES string of the molecule is C#CCCCC(=O)C1CC12CCNCC2. The first-order valence-corrected chi connectivity index (χ1v) is 5.95. The van der Waals surface area contributed by atoms with Gasteiger partial charge in [-0.1, -0.05) is 0 Å². The summed E-state index contributed by atoms with van der Waals surface area (Å²) in [6.45, 7) is 2.18. The summed E-state index contributed by atoms with van der Waals surface area (Å²) in [7, 11) is 0. The van der Waals surface area contributed by atoms with Gasteiger partial charge in [-0.05, 0) is 44.2 Å². The second kappa shape index (κ2) is 4.37. The summed E-state index contributed by atoms with van der Waals surface area (Å²) >= 11 is 0. The monoisotopic (exact) mass is 205 g/mol. The smallest absolute Gasteiger partial charge is 0.136 e. The number of unbranched alkanes of at least 4 members (excludes halogenated alkanes) is 1. The van der Waals surface area contributed by atoms with Crippen molar-refractivity contribution in [3.8, 4) is 12.3 Å². The van der Waals surface area contributed by atoms with Gasteiger partial charge in [0.1, 0.15) is 5.78 Å².